The van der Waals surface area contributed by atoms with Crippen molar-refractivity contribution in [1.29, 1.82) is 0 Å². The predicted molar refractivity (Wildman–Crippen MR) is 68.8 cm³/mol. The van der Waals surface area contributed by atoms with Crippen molar-refractivity contribution in [2.24, 2.45) is 0 Å². The van der Waals surface area contributed by atoms with Gasteiger partial charge in [-0.05, 0) is 17.5 Å². The second kappa shape index (κ2) is 6.77. The number of carbonyl (C=O) groups is 1. The molecule has 0 saturated heterocycles. The van der Waals surface area contributed by atoms with Gasteiger partial charge in [-0.3, -0.25) is 4.79 Å². The molecule has 1 aromatic rings. The molecule has 7 heteroatoms. The largest absolute Gasteiger partial charge is 0.389 e. The topological polar surface area (TPSA) is 75.6 Å². The fraction of sp³-hybridized carbons (Fsp3) is 0.727. The van der Waals surface area contributed by atoms with E-state index in [0.29, 0.717) is 10.6 Å². The first-order valence-electron chi connectivity index (χ1n) is 5.72. The number of nitrogens with zero attached hydrogens (tertiary/aromatic N) is 3. The summed E-state index contributed by atoms with van der Waals surface area (Å²) in [4.78, 5) is 14.2. The van der Waals surface area contributed by atoms with E-state index >= 15 is 0 Å². The monoisotopic (exact) mass is 273 g/mol. The summed E-state index contributed by atoms with van der Waals surface area (Å²) in [6.07, 6.45) is -0.688. The van der Waals surface area contributed by atoms with Gasteiger partial charge in [-0.2, -0.15) is 0 Å². The van der Waals surface area contributed by atoms with E-state index in [9.17, 15) is 9.90 Å². The Kier molecular flexibility index (Phi) is 5.64. The van der Waals surface area contributed by atoms with E-state index in [1.165, 1.54) is 12.0 Å². The molecule has 0 fully saturated rings. The molecule has 0 bridgehead atoms. The van der Waals surface area contributed by atoms with Gasteiger partial charge in [-0.1, -0.05) is 18.3 Å². The molecule has 1 N–H and O–H groups in total. The number of methoxy groups -OCH3 is 1. The summed E-state index contributed by atoms with van der Waals surface area (Å²) in [7, 11) is 3.15. The summed E-state index contributed by atoms with van der Waals surface area (Å²) >= 11 is 1.09. The molecule has 18 heavy (non-hydrogen) atoms. The molecule has 0 aromatic carbocycles. The summed E-state index contributed by atoms with van der Waals surface area (Å²) < 4.78 is 8.65. The van der Waals surface area contributed by atoms with Gasteiger partial charge in [0.15, 0.2) is 0 Å². The zero-order valence-electron chi connectivity index (χ0n) is 11.1. The van der Waals surface area contributed by atoms with Gasteiger partial charge < -0.3 is 14.7 Å². The lowest BCUT2D eigenvalue weighted by atomic mass is 10.1. The van der Waals surface area contributed by atoms with E-state index in [2.05, 4.69) is 9.59 Å². The number of ether oxygens (including phenoxy) is 1. The lowest BCUT2D eigenvalue weighted by Gasteiger charge is -2.20. The third-order valence-electron chi connectivity index (χ3n) is 2.44. The van der Waals surface area contributed by atoms with E-state index in [1.807, 2.05) is 13.8 Å². The minimum Gasteiger partial charge on any atom is -0.389 e. The summed E-state index contributed by atoms with van der Waals surface area (Å²) in [5.74, 6) is -0.0103. The first-order chi connectivity index (χ1) is 8.47. The van der Waals surface area contributed by atoms with Crippen LogP contribution in [-0.4, -0.2) is 58.9 Å². The molecule has 102 valence electrons. The highest BCUT2D eigenvalue weighted by Crippen LogP contribution is 2.20. The van der Waals surface area contributed by atoms with Crippen molar-refractivity contribution in [3.63, 3.8) is 0 Å². The Hall–Kier alpha value is -1.05. The molecular weight excluding hydrogens is 254 g/mol. The summed E-state index contributed by atoms with van der Waals surface area (Å²) in [5.41, 5.74) is 0.707. The number of aliphatic hydroxyl groups is 1. The quantitative estimate of drug-likeness (QED) is 0.827. The molecule has 1 amide bonds. The summed E-state index contributed by atoms with van der Waals surface area (Å²) in [5, 5.41) is 13.6. The number of aromatic nitrogens is 2. The van der Waals surface area contributed by atoms with Gasteiger partial charge in [0.05, 0.1) is 18.4 Å². The first-order valence-corrected chi connectivity index (χ1v) is 6.49. The van der Waals surface area contributed by atoms with Gasteiger partial charge in [0, 0.05) is 20.7 Å². The normalized spacial score (nSPS) is 12.8. The Balaban J connectivity index is 2.71. The molecule has 1 rings (SSSR count). The van der Waals surface area contributed by atoms with E-state index < -0.39 is 6.10 Å². The van der Waals surface area contributed by atoms with Crippen LogP contribution in [0, 0.1) is 0 Å². The van der Waals surface area contributed by atoms with Gasteiger partial charge in [0.1, 0.15) is 4.88 Å². The maximum absolute atomic E-state index is 12.2. The zero-order valence-corrected chi connectivity index (χ0v) is 11.9. The van der Waals surface area contributed by atoms with E-state index in [-0.39, 0.29) is 25.0 Å². The minimum absolute atomic E-state index is 0.153. The highest BCUT2D eigenvalue weighted by molar-refractivity contribution is 7.08. The highest BCUT2D eigenvalue weighted by Gasteiger charge is 2.23. The van der Waals surface area contributed by atoms with Crippen molar-refractivity contribution in [2.45, 2.75) is 25.9 Å². The standard InChI is InChI=1S/C11H19N3O3S/c1-7(2)9-10(18-13-12-9)11(16)14(3)5-8(15)6-17-4/h7-8,15H,5-6H2,1-4H3. The van der Waals surface area contributed by atoms with Crippen LogP contribution in [0.15, 0.2) is 0 Å². The van der Waals surface area contributed by atoms with Crippen LogP contribution >= 0.6 is 11.5 Å². The van der Waals surface area contributed by atoms with Crippen molar-refractivity contribution in [1.82, 2.24) is 14.5 Å². The number of amides is 1. The second-order valence-corrected chi connectivity index (χ2v) is 5.19. The molecule has 1 heterocycles. The molecule has 0 aliphatic rings. The van der Waals surface area contributed by atoms with Gasteiger partial charge in [-0.25, -0.2) is 0 Å². The Morgan fingerprint density at radius 1 is 1.56 bits per heavy atom. The van der Waals surface area contributed by atoms with Crippen molar-refractivity contribution >= 4 is 17.4 Å². The molecule has 0 saturated carbocycles. The zero-order chi connectivity index (χ0) is 13.7. The average Bonchev–Trinajstić information content (AvgIpc) is 2.76. The number of hydrogen-bond acceptors (Lipinski definition) is 6. The average molecular weight is 273 g/mol. The van der Waals surface area contributed by atoms with Crippen LogP contribution in [0.1, 0.15) is 35.1 Å². The van der Waals surface area contributed by atoms with Crippen LogP contribution in [0.3, 0.4) is 0 Å². The van der Waals surface area contributed by atoms with Crippen LogP contribution in [0.5, 0.6) is 0 Å². The number of hydrogen-bond donors (Lipinski definition) is 1. The SMILES string of the molecule is COCC(O)CN(C)C(=O)c1snnc1C(C)C. The lowest BCUT2D eigenvalue weighted by molar-refractivity contribution is 0.0381. The smallest absolute Gasteiger partial charge is 0.267 e. The van der Waals surface area contributed by atoms with Crippen molar-refractivity contribution in [2.75, 3.05) is 27.3 Å². The van der Waals surface area contributed by atoms with Crippen molar-refractivity contribution < 1.29 is 14.6 Å². The van der Waals surface area contributed by atoms with Crippen LogP contribution < -0.4 is 0 Å². The number of rotatable bonds is 6. The molecule has 1 unspecified atom stereocenters. The van der Waals surface area contributed by atoms with Gasteiger partial charge >= 0.3 is 0 Å². The summed E-state index contributed by atoms with van der Waals surface area (Å²) in [6.45, 7) is 4.36. The van der Waals surface area contributed by atoms with Gasteiger partial charge in [0.2, 0.25) is 0 Å². The molecule has 0 aliphatic heterocycles. The molecule has 1 atom stereocenters. The Morgan fingerprint density at radius 3 is 2.78 bits per heavy atom. The lowest BCUT2D eigenvalue weighted by Crippen LogP contribution is -2.36. The summed E-state index contributed by atoms with van der Waals surface area (Å²) in [6, 6.07) is 0. The fourth-order valence-corrected chi connectivity index (χ4v) is 2.36. The number of carbonyl (C=O) groups excluding carboxylic acids is 1. The molecule has 6 nitrogen and oxygen atoms in total. The molecule has 1 aromatic heterocycles. The number of likely N-dealkylation sites (N-methyl/N-ethyl adjacent to an activating group) is 1. The first kappa shape index (κ1) is 15.0. The minimum atomic E-state index is -0.688. The van der Waals surface area contributed by atoms with Crippen LogP contribution in [0.4, 0.5) is 0 Å². The fourth-order valence-electron chi connectivity index (χ4n) is 1.54. The second-order valence-electron chi connectivity index (χ2n) is 4.44. The Labute approximate surface area is 111 Å². The molecule has 0 aliphatic carbocycles. The third-order valence-corrected chi connectivity index (χ3v) is 3.17. The maximum atomic E-state index is 12.2. The van der Waals surface area contributed by atoms with Gasteiger partial charge in [-0.15, -0.1) is 5.10 Å². The van der Waals surface area contributed by atoms with Crippen molar-refractivity contribution in [3.05, 3.63) is 10.6 Å². The highest BCUT2D eigenvalue weighted by atomic mass is 32.1. The molecule has 0 spiro atoms. The van der Waals surface area contributed by atoms with Crippen molar-refractivity contribution in [3.8, 4) is 0 Å². The van der Waals surface area contributed by atoms with Crippen LogP contribution in [-0.2, 0) is 4.74 Å². The predicted octanol–water partition coefficient (Wildman–Crippen LogP) is 0.741. The molecular formula is C11H19N3O3S. The van der Waals surface area contributed by atoms with E-state index in [0.717, 1.165) is 11.5 Å². The maximum Gasteiger partial charge on any atom is 0.267 e. The van der Waals surface area contributed by atoms with E-state index in [1.54, 1.807) is 7.05 Å². The van der Waals surface area contributed by atoms with Crippen LogP contribution in [0.2, 0.25) is 0 Å². The Morgan fingerprint density at radius 2 is 2.22 bits per heavy atom. The molecule has 0 radical (unpaired) electrons. The van der Waals surface area contributed by atoms with Crippen LogP contribution in [0.25, 0.3) is 0 Å². The Bertz CT molecular complexity index is 395. The van der Waals surface area contributed by atoms with Gasteiger partial charge in [0.25, 0.3) is 5.91 Å². The number of aliphatic hydroxyl groups excluding tert-OH is 1. The van der Waals surface area contributed by atoms with E-state index in [4.69, 9.17) is 4.74 Å². The third kappa shape index (κ3) is 3.72.